The molecular weight excluding hydrogens is 376 g/mol. The standard InChI is InChI=1S/C16H23BrN4O3/c1-5-19-14-12(11(17)8-20-14)13(18)23-10-6-7-21(9-10)15(22)24-16(2,3)4/h5,8,10,18-20H,1,6-7,9H2,2-4H3. The quantitative estimate of drug-likeness (QED) is 0.532. The molecule has 3 N–H and O–H groups in total. The van der Waals surface area contributed by atoms with Crippen LogP contribution in [0.4, 0.5) is 10.6 Å². The molecule has 132 valence electrons. The SMILES string of the molecule is C=CNc1[nH]cc(Br)c1C(=N)OC1CCN(C(=O)OC(C)(C)C)C1. The van der Waals surface area contributed by atoms with Crippen LogP contribution < -0.4 is 5.32 Å². The lowest BCUT2D eigenvalue weighted by Crippen LogP contribution is -2.36. The molecule has 0 radical (unpaired) electrons. The van der Waals surface area contributed by atoms with Crippen molar-refractivity contribution in [3.63, 3.8) is 0 Å². The number of carbonyl (C=O) groups excluding carboxylic acids is 1. The molecule has 1 aliphatic rings. The minimum Gasteiger partial charge on any atom is -0.472 e. The number of rotatable bonds is 4. The molecular formula is C16H23BrN4O3. The Labute approximate surface area is 150 Å². The highest BCUT2D eigenvalue weighted by molar-refractivity contribution is 9.10. The van der Waals surface area contributed by atoms with Gasteiger partial charge in [-0.05, 0) is 42.9 Å². The maximum absolute atomic E-state index is 12.1. The molecule has 1 amide bonds. The van der Waals surface area contributed by atoms with Crippen LogP contribution in [0.5, 0.6) is 0 Å². The summed E-state index contributed by atoms with van der Waals surface area (Å²) >= 11 is 3.39. The third-order valence-electron chi connectivity index (χ3n) is 3.39. The van der Waals surface area contributed by atoms with Crippen molar-refractivity contribution in [1.82, 2.24) is 9.88 Å². The average Bonchev–Trinajstić information content (AvgIpc) is 3.05. The molecule has 1 aromatic heterocycles. The second kappa shape index (κ2) is 7.29. The summed E-state index contributed by atoms with van der Waals surface area (Å²) in [5.74, 6) is 0.660. The van der Waals surface area contributed by atoms with Crippen LogP contribution in [-0.4, -0.2) is 46.7 Å². The van der Waals surface area contributed by atoms with Gasteiger partial charge in [0.25, 0.3) is 0 Å². The van der Waals surface area contributed by atoms with Crippen LogP contribution in [0.3, 0.4) is 0 Å². The van der Waals surface area contributed by atoms with E-state index in [1.165, 1.54) is 6.20 Å². The zero-order chi connectivity index (χ0) is 17.9. The molecule has 0 aliphatic carbocycles. The summed E-state index contributed by atoms with van der Waals surface area (Å²) in [6.07, 6.45) is 3.32. The van der Waals surface area contributed by atoms with Crippen molar-refractivity contribution >= 4 is 33.7 Å². The van der Waals surface area contributed by atoms with E-state index in [4.69, 9.17) is 14.9 Å². The molecule has 0 saturated carbocycles. The monoisotopic (exact) mass is 398 g/mol. The summed E-state index contributed by atoms with van der Waals surface area (Å²) in [4.78, 5) is 16.7. The van der Waals surface area contributed by atoms with E-state index in [0.29, 0.717) is 30.9 Å². The largest absolute Gasteiger partial charge is 0.472 e. The Balaban J connectivity index is 1.96. The van der Waals surface area contributed by atoms with E-state index in [0.717, 1.165) is 4.47 Å². The molecule has 2 heterocycles. The van der Waals surface area contributed by atoms with Crippen LogP contribution in [0.2, 0.25) is 0 Å². The molecule has 1 fully saturated rings. The van der Waals surface area contributed by atoms with Crippen LogP contribution in [0, 0.1) is 5.41 Å². The number of nitrogens with zero attached hydrogens (tertiary/aromatic N) is 1. The van der Waals surface area contributed by atoms with Gasteiger partial charge in [-0.15, -0.1) is 0 Å². The number of hydrogen-bond acceptors (Lipinski definition) is 5. The van der Waals surface area contributed by atoms with Gasteiger partial charge in [-0.2, -0.15) is 0 Å². The van der Waals surface area contributed by atoms with E-state index in [-0.39, 0.29) is 18.1 Å². The summed E-state index contributed by atoms with van der Waals surface area (Å²) < 4.78 is 11.8. The number of anilines is 1. The maximum atomic E-state index is 12.1. The molecule has 1 aliphatic heterocycles. The third kappa shape index (κ3) is 4.53. The lowest BCUT2D eigenvalue weighted by Gasteiger charge is -2.24. The molecule has 0 aromatic carbocycles. The maximum Gasteiger partial charge on any atom is 0.410 e. The Morgan fingerprint density at radius 2 is 2.29 bits per heavy atom. The van der Waals surface area contributed by atoms with Crippen molar-refractivity contribution in [2.45, 2.75) is 38.9 Å². The Kier molecular flexibility index (Phi) is 5.58. The highest BCUT2D eigenvalue weighted by atomic mass is 79.9. The van der Waals surface area contributed by atoms with E-state index in [1.54, 1.807) is 11.1 Å². The molecule has 2 rings (SSSR count). The molecule has 1 aromatic rings. The molecule has 1 unspecified atom stereocenters. The lowest BCUT2D eigenvalue weighted by atomic mass is 10.2. The molecule has 7 nitrogen and oxygen atoms in total. The predicted octanol–water partition coefficient (Wildman–Crippen LogP) is 3.68. The second-order valence-corrected chi connectivity index (χ2v) is 7.37. The summed E-state index contributed by atoms with van der Waals surface area (Å²) in [7, 11) is 0. The van der Waals surface area contributed by atoms with Crippen LogP contribution in [-0.2, 0) is 9.47 Å². The fourth-order valence-electron chi connectivity index (χ4n) is 2.38. The summed E-state index contributed by atoms with van der Waals surface area (Å²) in [6.45, 7) is 10.1. The Morgan fingerprint density at radius 1 is 1.58 bits per heavy atom. The fraction of sp³-hybridized carbons (Fsp3) is 0.500. The highest BCUT2D eigenvalue weighted by Gasteiger charge is 2.32. The Hall–Kier alpha value is -1.96. The number of hydrogen-bond donors (Lipinski definition) is 3. The van der Waals surface area contributed by atoms with Crippen LogP contribution in [0.25, 0.3) is 0 Å². The summed E-state index contributed by atoms with van der Waals surface area (Å²) in [5, 5.41) is 11.1. The Bertz CT molecular complexity index is 636. The Morgan fingerprint density at radius 3 is 2.92 bits per heavy atom. The number of carbonyl (C=O) groups is 1. The normalized spacial score (nSPS) is 17.5. The molecule has 24 heavy (non-hydrogen) atoms. The number of H-pyrrole nitrogens is 1. The number of ether oxygens (including phenoxy) is 2. The zero-order valence-corrected chi connectivity index (χ0v) is 15.7. The number of halogens is 1. The number of nitrogens with one attached hydrogen (secondary N) is 3. The minimum atomic E-state index is -0.524. The van der Waals surface area contributed by atoms with Crippen LogP contribution in [0.15, 0.2) is 23.4 Å². The molecule has 1 saturated heterocycles. The van der Waals surface area contributed by atoms with Crippen molar-refractivity contribution in [1.29, 1.82) is 5.41 Å². The zero-order valence-electron chi connectivity index (χ0n) is 14.1. The summed E-state index contributed by atoms with van der Waals surface area (Å²) in [6, 6.07) is 0. The average molecular weight is 399 g/mol. The fourth-order valence-corrected chi connectivity index (χ4v) is 2.87. The van der Waals surface area contributed by atoms with Gasteiger partial charge in [0.15, 0.2) is 0 Å². The van der Waals surface area contributed by atoms with E-state index in [1.807, 2.05) is 20.8 Å². The highest BCUT2D eigenvalue weighted by Crippen LogP contribution is 2.27. The smallest absolute Gasteiger partial charge is 0.410 e. The first-order valence-corrected chi connectivity index (χ1v) is 8.48. The topological polar surface area (TPSA) is 90.4 Å². The summed E-state index contributed by atoms with van der Waals surface area (Å²) in [5.41, 5.74) is 0.0647. The third-order valence-corrected chi connectivity index (χ3v) is 4.01. The van der Waals surface area contributed by atoms with E-state index >= 15 is 0 Å². The van der Waals surface area contributed by atoms with Crippen molar-refractivity contribution < 1.29 is 14.3 Å². The van der Waals surface area contributed by atoms with Gasteiger partial charge in [-0.1, -0.05) is 6.58 Å². The van der Waals surface area contributed by atoms with Gasteiger partial charge in [0, 0.05) is 23.6 Å². The van der Waals surface area contributed by atoms with Gasteiger partial charge in [-0.3, -0.25) is 5.41 Å². The van der Waals surface area contributed by atoms with Crippen LogP contribution in [0.1, 0.15) is 32.8 Å². The first kappa shape index (κ1) is 18.4. The predicted molar refractivity (Wildman–Crippen MR) is 96.4 cm³/mol. The number of aromatic nitrogens is 1. The van der Waals surface area contributed by atoms with Crippen molar-refractivity contribution in [2.75, 3.05) is 18.4 Å². The first-order chi connectivity index (χ1) is 11.2. The first-order valence-electron chi connectivity index (χ1n) is 7.69. The van der Waals surface area contributed by atoms with Gasteiger partial charge in [0.2, 0.25) is 5.90 Å². The molecule has 1 atom stereocenters. The number of amides is 1. The van der Waals surface area contributed by atoms with Crippen molar-refractivity contribution in [2.24, 2.45) is 0 Å². The molecule has 8 heteroatoms. The second-order valence-electron chi connectivity index (χ2n) is 6.52. The molecule has 0 bridgehead atoms. The van der Waals surface area contributed by atoms with Gasteiger partial charge in [0.1, 0.15) is 17.5 Å². The van der Waals surface area contributed by atoms with Crippen molar-refractivity contribution in [3.05, 3.63) is 29.0 Å². The molecule has 0 spiro atoms. The minimum absolute atomic E-state index is 0.0310. The lowest BCUT2D eigenvalue weighted by molar-refractivity contribution is 0.0273. The van der Waals surface area contributed by atoms with Gasteiger partial charge < -0.3 is 24.7 Å². The van der Waals surface area contributed by atoms with Gasteiger partial charge >= 0.3 is 6.09 Å². The van der Waals surface area contributed by atoms with Crippen molar-refractivity contribution in [3.8, 4) is 0 Å². The van der Waals surface area contributed by atoms with E-state index in [9.17, 15) is 4.79 Å². The number of aromatic amines is 1. The van der Waals surface area contributed by atoms with Gasteiger partial charge in [0.05, 0.1) is 12.1 Å². The van der Waals surface area contributed by atoms with E-state index in [2.05, 4.69) is 32.8 Å². The van der Waals surface area contributed by atoms with Crippen LogP contribution >= 0.6 is 15.9 Å². The van der Waals surface area contributed by atoms with E-state index < -0.39 is 5.60 Å². The number of likely N-dealkylation sites (tertiary alicyclic amines) is 1. The van der Waals surface area contributed by atoms with Gasteiger partial charge in [-0.25, -0.2) is 4.79 Å².